The second kappa shape index (κ2) is 6.06. The Morgan fingerprint density at radius 2 is 1.77 bits per heavy atom. The van der Waals surface area contributed by atoms with Crippen LogP contribution in [0.2, 0.25) is 0 Å². The number of para-hydroxylation sites is 1. The Morgan fingerprint density at radius 3 is 2.42 bits per heavy atom. The fraction of sp³-hybridized carbons (Fsp3) is 0.227. The Bertz CT molecular complexity index is 1060. The number of hydrogen-bond donors (Lipinski definition) is 3. The number of anilines is 1. The van der Waals surface area contributed by atoms with Crippen molar-refractivity contribution in [3.63, 3.8) is 0 Å². The zero-order chi connectivity index (χ0) is 19.1. The molecule has 0 amide bonds. The summed E-state index contributed by atoms with van der Waals surface area (Å²) in [7, 11) is -1.82. The molecule has 3 rings (SSSR count). The van der Waals surface area contributed by atoms with Crippen LogP contribution in [0.25, 0.3) is 16.6 Å². The smallest absolute Gasteiger partial charge is 0.198 e. The SMILES string of the molecule is C=C(Nc1ccc([SH](C)(C)(C)C)c(C)c1)c1c[nH]c2ccccc2c1=O. The minimum absolute atomic E-state index is 0.0145. The first-order valence-electron chi connectivity index (χ1n) is 8.71. The third-order valence-electron chi connectivity index (χ3n) is 4.57. The van der Waals surface area contributed by atoms with Crippen LogP contribution < -0.4 is 10.7 Å². The van der Waals surface area contributed by atoms with Gasteiger partial charge in [0.2, 0.25) is 0 Å². The van der Waals surface area contributed by atoms with E-state index in [4.69, 9.17) is 0 Å². The molecule has 3 nitrogen and oxygen atoms in total. The zero-order valence-corrected chi connectivity index (χ0v) is 17.1. The predicted octanol–water partition coefficient (Wildman–Crippen LogP) is 4.87. The highest BCUT2D eigenvalue weighted by atomic mass is 32.3. The third kappa shape index (κ3) is 3.56. The van der Waals surface area contributed by atoms with Gasteiger partial charge in [-0.25, -0.2) is 0 Å². The Morgan fingerprint density at radius 1 is 1.08 bits per heavy atom. The Hall–Kier alpha value is -2.46. The van der Waals surface area contributed by atoms with Crippen LogP contribution in [0.15, 0.2) is 64.9 Å². The van der Waals surface area contributed by atoms with E-state index in [9.17, 15) is 4.79 Å². The van der Waals surface area contributed by atoms with Crippen molar-refractivity contribution >= 4 is 31.4 Å². The monoisotopic (exact) mass is 368 g/mol. The maximum absolute atomic E-state index is 12.7. The van der Waals surface area contributed by atoms with E-state index in [-0.39, 0.29) is 5.43 Å². The highest BCUT2D eigenvalue weighted by molar-refractivity contribution is 8.47. The van der Waals surface area contributed by atoms with Crippen LogP contribution >= 0.6 is 9.16 Å². The van der Waals surface area contributed by atoms with Gasteiger partial charge in [-0.05, 0) is 72.7 Å². The molecule has 26 heavy (non-hydrogen) atoms. The molecule has 3 aromatic rings. The number of aromatic amines is 1. The van der Waals surface area contributed by atoms with E-state index in [0.717, 1.165) is 11.2 Å². The lowest BCUT2D eigenvalue weighted by Crippen LogP contribution is -2.14. The minimum atomic E-state index is -1.82. The fourth-order valence-electron chi connectivity index (χ4n) is 3.37. The van der Waals surface area contributed by atoms with Crippen LogP contribution in [0.4, 0.5) is 5.69 Å². The highest BCUT2D eigenvalue weighted by Gasteiger charge is 2.23. The molecule has 0 radical (unpaired) electrons. The molecular formula is C22H28N2OS. The van der Waals surface area contributed by atoms with E-state index in [1.807, 2.05) is 24.3 Å². The topological polar surface area (TPSA) is 44.9 Å². The number of H-pyrrole nitrogens is 1. The van der Waals surface area contributed by atoms with Gasteiger partial charge in [0.15, 0.2) is 5.43 Å². The molecule has 0 unspecified atom stereocenters. The molecule has 0 aliphatic rings. The molecule has 0 bridgehead atoms. The molecule has 2 aromatic carbocycles. The zero-order valence-electron chi connectivity index (χ0n) is 16.2. The number of rotatable bonds is 4. The number of hydrogen-bond acceptors (Lipinski definition) is 2. The molecule has 0 saturated heterocycles. The lowest BCUT2D eigenvalue weighted by atomic mass is 10.1. The van der Waals surface area contributed by atoms with Gasteiger partial charge in [-0.2, -0.15) is 0 Å². The van der Waals surface area contributed by atoms with Crippen LogP contribution in [0.1, 0.15) is 11.1 Å². The van der Waals surface area contributed by atoms with Gasteiger partial charge in [-0.3, -0.25) is 14.0 Å². The van der Waals surface area contributed by atoms with Gasteiger partial charge in [-0.15, -0.1) is 0 Å². The first-order valence-corrected chi connectivity index (χ1v) is 12.7. The molecule has 138 valence electrons. The maximum Gasteiger partial charge on any atom is 0.198 e. The second-order valence-electron chi connectivity index (χ2n) is 8.76. The summed E-state index contributed by atoms with van der Waals surface area (Å²) in [6.45, 7) is 6.23. The average Bonchev–Trinajstić information content (AvgIpc) is 2.53. The average molecular weight is 369 g/mol. The summed E-state index contributed by atoms with van der Waals surface area (Å²) >= 11 is 0. The summed E-state index contributed by atoms with van der Waals surface area (Å²) in [5.41, 5.74) is 4.19. The highest BCUT2D eigenvalue weighted by Crippen LogP contribution is 2.64. The van der Waals surface area contributed by atoms with Crippen molar-refractivity contribution in [2.75, 3.05) is 30.3 Å². The standard InChI is InChI=1S/C22H28N2OS/c1-15-13-17(11-12-21(15)26(3,4,5)6)24-16(2)19-14-23-20-10-8-7-9-18(20)22(19)25/h7-14,24,26H,2H2,1,3-6H3,(H,23,25). The molecule has 1 heterocycles. The molecule has 0 aliphatic carbocycles. The summed E-state index contributed by atoms with van der Waals surface area (Å²) in [5.74, 6) is 0. The van der Waals surface area contributed by atoms with Gasteiger partial charge < -0.3 is 10.3 Å². The van der Waals surface area contributed by atoms with Crippen molar-refractivity contribution in [1.82, 2.24) is 4.98 Å². The molecule has 4 heteroatoms. The van der Waals surface area contributed by atoms with E-state index >= 15 is 0 Å². The Balaban J connectivity index is 1.93. The lowest BCUT2D eigenvalue weighted by molar-refractivity contribution is 1.27. The molecule has 0 aliphatic heterocycles. The van der Waals surface area contributed by atoms with E-state index < -0.39 is 9.16 Å². The van der Waals surface area contributed by atoms with E-state index in [2.05, 4.69) is 67.0 Å². The first kappa shape index (κ1) is 18.3. The summed E-state index contributed by atoms with van der Waals surface area (Å²) in [6, 6.07) is 13.9. The molecule has 0 saturated carbocycles. The fourth-order valence-corrected chi connectivity index (χ4v) is 5.52. The summed E-state index contributed by atoms with van der Waals surface area (Å²) in [4.78, 5) is 17.3. The van der Waals surface area contributed by atoms with Crippen molar-refractivity contribution in [3.8, 4) is 0 Å². The van der Waals surface area contributed by atoms with Crippen molar-refractivity contribution in [2.45, 2.75) is 11.8 Å². The van der Waals surface area contributed by atoms with Crippen LogP contribution in [0, 0.1) is 6.92 Å². The van der Waals surface area contributed by atoms with E-state index in [0.29, 0.717) is 16.6 Å². The Kier molecular flexibility index (Phi) is 4.27. The van der Waals surface area contributed by atoms with Gasteiger partial charge in [0.25, 0.3) is 0 Å². The quantitative estimate of drug-likeness (QED) is 0.575. The molecule has 0 atom stereocenters. The number of pyridine rings is 1. The van der Waals surface area contributed by atoms with Gasteiger partial charge >= 0.3 is 0 Å². The number of thiol groups is 1. The first-order chi connectivity index (χ1) is 12.0. The minimum Gasteiger partial charge on any atom is -0.360 e. The van der Waals surface area contributed by atoms with Gasteiger partial charge in [-0.1, -0.05) is 18.7 Å². The maximum atomic E-state index is 12.7. The number of benzene rings is 2. The second-order valence-corrected chi connectivity index (χ2v) is 16.4. The number of fused-ring (bicyclic) bond motifs is 1. The molecule has 0 fully saturated rings. The molecule has 2 N–H and O–H groups in total. The number of nitrogens with one attached hydrogen (secondary N) is 2. The number of aromatic nitrogens is 1. The third-order valence-corrected chi connectivity index (χ3v) is 7.00. The lowest BCUT2D eigenvalue weighted by Gasteiger charge is -2.48. The van der Waals surface area contributed by atoms with Crippen molar-refractivity contribution in [3.05, 3.63) is 76.6 Å². The van der Waals surface area contributed by atoms with Crippen molar-refractivity contribution in [2.24, 2.45) is 0 Å². The molecule has 1 aromatic heterocycles. The largest absolute Gasteiger partial charge is 0.360 e. The molecular weight excluding hydrogens is 340 g/mol. The number of aryl methyl sites for hydroxylation is 1. The van der Waals surface area contributed by atoms with Gasteiger partial charge in [0, 0.05) is 28.5 Å². The normalized spacial score (nSPS) is 13.2. The van der Waals surface area contributed by atoms with E-state index in [1.54, 1.807) is 6.20 Å². The van der Waals surface area contributed by atoms with Crippen molar-refractivity contribution in [1.29, 1.82) is 0 Å². The Labute approximate surface area is 155 Å². The molecule has 0 spiro atoms. The van der Waals surface area contributed by atoms with Gasteiger partial charge in [0.05, 0.1) is 5.56 Å². The predicted molar refractivity (Wildman–Crippen MR) is 119 cm³/mol. The summed E-state index contributed by atoms with van der Waals surface area (Å²) in [6.07, 6.45) is 11.1. The van der Waals surface area contributed by atoms with Crippen LogP contribution in [0.3, 0.4) is 0 Å². The van der Waals surface area contributed by atoms with Crippen molar-refractivity contribution < 1.29 is 0 Å². The van der Waals surface area contributed by atoms with Crippen LogP contribution in [-0.2, 0) is 0 Å². The van der Waals surface area contributed by atoms with Gasteiger partial charge in [0.1, 0.15) is 0 Å². The van der Waals surface area contributed by atoms with E-state index in [1.165, 1.54) is 10.5 Å². The summed E-state index contributed by atoms with van der Waals surface area (Å²) in [5, 5.41) is 3.97. The summed E-state index contributed by atoms with van der Waals surface area (Å²) < 4.78 is 0. The van der Waals surface area contributed by atoms with Crippen LogP contribution in [-0.4, -0.2) is 30.0 Å². The van der Waals surface area contributed by atoms with Crippen LogP contribution in [0.5, 0.6) is 0 Å².